The Morgan fingerprint density at radius 2 is 1.90 bits per heavy atom. The number of aryl methyl sites for hydroxylation is 1. The highest BCUT2D eigenvalue weighted by Gasteiger charge is 2.19. The van der Waals surface area contributed by atoms with Gasteiger partial charge in [-0.25, -0.2) is 9.50 Å². The van der Waals surface area contributed by atoms with E-state index in [-0.39, 0.29) is 29.2 Å². The molecular weight excluding hydrogens is 366 g/mol. The molecule has 9 nitrogen and oxygen atoms in total. The van der Waals surface area contributed by atoms with Crippen LogP contribution in [0.15, 0.2) is 42.6 Å². The summed E-state index contributed by atoms with van der Waals surface area (Å²) in [6.45, 7) is 3.87. The minimum atomic E-state index is -0.271. The van der Waals surface area contributed by atoms with Gasteiger partial charge >= 0.3 is 0 Å². The van der Waals surface area contributed by atoms with E-state index in [1.165, 1.54) is 0 Å². The number of anilines is 3. The van der Waals surface area contributed by atoms with E-state index in [0.717, 1.165) is 28.2 Å². The van der Waals surface area contributed by atoms with Crippen LogP contribution in [-0.2, 0) is 0 Å². The molecule has 1 atom stereocenters. The molecule has 4 rings (SSSR count). The summed E-state index contributed by atoms with van der Waals surface area (Å²) < 4.78 is 1.74. The Hall–Kier alpha value is -4.19. The van der Waals surface area contributed by atoms with E-state index in [1.54, 1.807) is 4.52 Å². The molecule has 5 N–H and O–H groups in total. The van der Waals surface area contributed by atoms with Crippen molar-refractivity contribution in [3.05, 3.63) is 59.4 Å². The molecule has 3 aromatic heterocycles. The lowest BCUT2D eigenvalue weighted by Gasteiger charge is -2.19. The van der Waals surface area contributed by atoms with Gasteiger partial charge in [-0.3, -0.25) is 0 Å². The second kappa shape index (κ2) is 7.09. The number of benzene rings is 1. The predicted octanol–water partition coefficient (Wildman–Crippen LogP) is 2.70. The van der Waals surface area contributed by atoms with Gasteiger partial charge in [-0.15, -0.1) is 0 Å². The molecule has 0 radical (unpaired) electrons. The molecule has 9 heteroatoms. The third-order valence-corrected chi connectivity index (χ3v) is 4.53. The molecule has 4 aromatic rings. The van der Waals surface area contributed by atoms with Crippen molar-refractivity contribution in [1.82, 2.24) is 24.6 Å². The van der Waals surface area contributed by atoms with Crippen LogP contribution in [0.25, 0.3) is 16.9 Å². The van der Waals surface area contributed by atoms with E-state index in [0.29, 0.717) is 0 Å². The summed E-state index contributed by atoms with van der Waals surface area (Å²) in [5, 5.41) is 17.1. The Morgan fingerprint density at radius 3 is 2.62 bits per heavy atom. The van der Waals surface area contributed by atoms with Crippen LogP contribution in [0, 0.1) is 18.3 Å². The molecule has 0 saturated carbocycles. The summed E-state index contributed by atoms with van der Waals surface area (Å²) in [7, 11) is 0. The topological polar surface area (TPSA) is 144 Å². The number of nitrogens with zero attached hydrogens (tertiary/aromatic N) is 6. The molecule has 29 heavy (non-hydrogen) atoms. The number of nitriles is 1. The van der Waals surface area contributed by atoms with Gasteiger partial charge in [-0.1, -0.05) is 30.3 Å². The highest BCUT2D eigenvalue weighted by atomic mass is 15.2. The highest BCUT2D eigenvalue weighted by molar-refractivity contribution is 5.69. The molecule has 0 aliphatic carbocycles. The number of hydrogen-bond acceptors (Lipinski definition) is 8. The van der Waals surface area contributed by atoms with Crippen LogP contribution in [0.4, 0.5) is 17.6 Å². The fraction of sp³-hybridized carbons (Fsp3) is 0.150. The van der Waals surface area contributed by atoms with Crippen molar-refractivity contribution >= 4 is 23.2 Å². The minimum absolute atomic E-state index is 0.00393. The van der Waals surface area contributed by atoms with E-state index in [2.05, 4.69) is 20.4 Å². The van der Waals surface area contributed by atoms with E-state index < -0.39 is 0 Å². The number of nitrogen functional groups attached to an aromatic ring is 2. The zero-order valence-electron chi connectivity index (χ0n) is 16.0. The number of nitrogens with two attached hydrogens (primary N) is 2. The van der Waals surface area contributed by atoms with Gasteiger partial charge in [-0.05, 0) is 13.8 Å². The first-order chi connectivity index (χ1) is 14.0. The Kier molecular flexibility index (Phi) is 4.44. The van der Waals surface area contributed by atoms with Crippen molar-refractivity contribution in [1.29, 1.82) is 5.26 Å². The minimum Gasteiger partial charge on any atom is -0.382 e. The molecule has 0 bridgehead atoms. The molecule has 0 fully saturated rings. The molecule has 144 valence electrons. The second-order valence-electron chi connectivity index (χ2n) is 6.67. The van der Waals surface area contributed by atoms with Crippen molar-refractivity contribution in [3.63, 3.8) is 0 Å². The zero-order valence-corrected chi connectivity index (χ0v) is 16.0. The van der Waals surface area contributed by atoms with Crippen molar-refractivity contribution in [2.24, 2.45) is 0 Å². The Labute approximate surface area is 167 Å². The summed E-state index contributed by atoms with van der Waals surface area (Å²) in [5.74, 6) is 0.311. The van der Waals surface area contributed by atoms with Crippen LogP contribution < -0.4 is 16.8 Å². The maximum absolute atomic E-state index is 9.43. The summed E-state index contributed by atoms with van der Waals surface area (Å²) in [6.07, 6.45) is 1.93. The van der Waals surface area contributed by atoms with Gasteiger partial charge in [0, 0.05) is 23.4 Å². The van der Waals surface area contributed by atoms with Crippen LogP contribution in [0.1, 0.15) is 29.8 Å². The maximum atomic E-state index is 9.43. The molecule has 0 aliphatic heterocycles. The lowest BCUT2D eigenvalue weighted by Crippen LogP contribution is -2.15. The van der Waals surface area contributed by atoms with Crippen molar-refractivity contribution < 1.29 is 0 Å². The van der Waals surface area contributed by atoms with Crippen LogP contribution in [-0.4, -0.2) is 24.6 Å². The van der Waals surface area contributed by atoms with Crippen molar-refractivity contribution in [2.45, 2.75) is 19.9 Å². The molecule has 3 heterocycles. The van der Waals surface area contributed by atoms with E-state index in [1.807, 2.05) is 62.5 Å². The average molecular weight is 385 g/mol. The molecule has 0 amide bonds. The molecular formula is C20H19N9. The first-order valence-electron chi connectivity index (χ1n) is 8.98. The van der Waals surface area contributed by atoms with E-state index in [4.69, 9.17) is 16.5 Å². The lowest BCUT2D eigenvalue weighted by atomic mass is 10.0. The van der Waals surface area contributed by atoms with Gasteiger partial charge in [0.2, 0.25) is 5.95 Å². The fourth-order valence-electron chi connectivity index (χ4n) is 3.19. The summed E-state index contributed by atoms with van der Waals surface area (Å²) in [6, 6.07) is 13.6. The standard InChI is InChI=1S/C20H19N9/c1-11-8-16-25-17(13-6-4-3-5-7-13)15(10-29(16)28-11)12(2)24-19-14(9-21)18(22)26-20(23)27-19/h3-8,10,12H,1-2H3,(H5,22,23,24,26,27)/t12-/m0/s1. The Balaban J connectivity index is 1.84. The number of rotatable bonds is 4. The summed E-state index contributed by atoms with van der Waals surface area (Å²) >= 11 is 0. The number of nitrogens with one attached hydrogen (secondary N) is 1. The number of aromatic nitrogens is 5. The Bertz CT molecular complexity index is 1240. The smallest absolute Gasteiger partial charge is 0.224 e. The monoisotopic (exact) mass is 385 g/mol. The van der Waals surface area contributed by atoms with Crippen molar-refractivity contribution in [2.75, 3.05) is 16.8 Å². The first-order valence-corrected chi connectivity index (χ1v) is 8.98. The SMILES string of the molecule is Cc1cc2nc(-c3ccccc3)c([C@H](C)Nc3nc(N)nc(N)c3C#N)cn2n1. The maximum Gasteiger partial charge on any atom is 0.224 e. The molecule has 0 spiro atoms. The quantitative estimate of drug-likeness (QED) is 0.486. The number of fused-ring (bicyclic) bond motifs is 1. The third-order valence-electron chi connectivity index (χ3n) is 4.53. The van der Waals surface area contributed by atoms with Crippen LogP contribution in [0.2, 0.25) is 0 Å². The van der Waals surface area contributed by atoms with Gasteiger partial charge in [0.15, 0.2) is 11.5 Å². The van der Waals surface area contributed by atoms with E-state index in [9.17, 15) is 5.26 Å². The van der Waals surface area contributed by atoms with Gasteiger partial charge < -0.3 is 16.8 Å². The van der Waals surface area contributed by atoms with Crippen LogP contribution in [0.5, 0.6) is 0 Å². The third kappa shape index (κ3) is 3.39. The summed E-state index contributed by atoms with van der Waals surface area (Å²) in [5.41, 5.74) is 16.0. The Morgan fingerprint density at radius 1 is 1.14 bits per heavy atom. The second-order valence-corrected chi connectivity index (χ2v) is 6.67. The normalized spacial score (nSPS) is 11.9. The van der Waals surface area contributed by atoms with Gasteiger partial charge in [-0.2, -0.15) is 20.3 Å². The number of hydrogen-bond donors (Lipinski definition) is 3. The van der Waals surface area contributed by atoms with Crippen LogP contribution in [0.3, 0.4) is 0 Å². The molecule has 0 aliphatic rings. The fourth-order valence-corrected chi connectivity index (χ4v) is 3.19. The largest absolute Gasteiger partial charge is 0.382 e. The molecule has 0 saturated heterocycles. The zero-order chi connectivity index (χ0) is 20.5. The average Bonchev–Trinajstić information content (AvgIpc) is 3.06. The molecule has 1 aromatic carbocycles. The molecule has 0 unspecified atom stereocenters. The highest BCUT2D eigenvalue weighted by Crippen LogP contribution is 2.30. The van der Waals surface area contributed by atoms with E-state index >= 15 is 0 Å². The van der Waals surface area contributed by atoms with Gasteiger partial charge in [0.1, 0.15) is 17.5 Å². The summed E-state index contributed by atoms with van der Waals surface area (Å²) in [4.78, 5) is 12.8. The van der Waals surface area contributed by atoms with Gasteiger partial charge in [0.05, 0.1) is 17.4 Å². The lowest BCUT2D eigenvalue weighted by molar-refractivity contribution is 0.826. The predicted molar refractivity (Wildman–Crippen MR) is 111 cm³/mol. The van der Waals surface area contributed by atoms with Crippen LogP contribution >= 0.6 is 0 Å². The van der Waals surface area contributed by atoms with Crippen molar-refractivity contribution in [3.8, 4) is 17.3 Å². The van der Waals surface area contributed by atoms with Gasteiger partial charge in [0.25, 0.3) is 0 Å². The first kappa shape index (κ1) is 18.2.